The highest BCUT2D eigenvalue weighted by molar-refractivity contribution is 7.80. The van der Waals surface area contributed by atoms with Gasteiger partial charge in [0.2, 0.25) is 0 Å². The Balaban J connectivity index is 1.79. The van der Waals surface area contributed by atoms with E-state index in [9.17, 15) is 4.79 Å². The van der Waals surface area contributed by atoms with Gasteiger partial charge in [-0.2, -0.15) is 0 Å². The fourth-order valence-electron chi connectivity index (χ4n) is 2.18. The summed E-state index contributed by atoms with van der Waals surface area (Å²) in [5.41, 5.74) is 5.53. The summed E-state index contributed by atoms with van der Waals surface area (Å²) < 4.78 is 0. The first-order chi connectivity index (χ1) is 9.04. The molecule has 0 aliphatic carbocycles. The van der Waals surface area contributed by atoms with E-state index < -0.39 is 0 Å². The van der Waals surface area contributed by atoms with Gasteiger partial charge in [0, 0.05) is 25.7 Å². The minimum atomic E-state index is -0.0154. The quantitative estimate of drug-likeness (QED) is 0.809. The molecule has 19 heavy (non-hydrogen) atoms. The first kappa shape index (κ1) is 14.4. The van der Waals surface area contributed by atoms with Gasteiger partial charge in [0.25, 0.3) is 5.91 Å². The molecule has 1 aliphatic heterocycles. The third-order valence-electron chi connectivity index (χ3n) is 3.15. The summed E-state index contributed by atoms with van der Waals surface area (Å²) in [4.78, 5) is 19.5. The second kappa shape index (κ2) is 6.40. The number of carbonyl (C=O) groups is 1. The van der Waals surface area contributed by atoms with Gasteiger partial charge in [-0.1, -0.05) is 12.2 Å². The van der Waals surface area contributed by atoms with Crippen molar-refractivity contribution in [1.29, 1.82) is 0 Å². The van der Waals surface area contributed by atoms with Crippen molar-refractivity contribution >= 4 is 34.5 Å². The van der Waals surface area contributed by atoms with E-state index in [0.29, 0.717) is 16.4 Å². The Labute approximate surface area is 122 Å². The molecule has 104 valence electrons. The van der Waals surface area contributed by atoms with Gasteiger partial charge < -0.3 is 11.1 Å². The zero-order chi connectivity index (χ0) is 13.8. The predicted octanol–water partition coefficient (Wildman–Crippen LogP) is 0.932. The highest BCUT2D eigenvalue weighted by Gasteiger charge is 2.21. The van der Waals surface area contributed by atoms with Crippen LogP contribution in [0.1, 0.15) is 27.5 Å². The highest BCUT2D eigenvalue weighted by atomic mass is 32.1. The number of thiazole rings is 1. The van der Waals surface area contributed by atoms with Crippen molar-refractivity contribution < 1.29 is 4.79 Å². The summed E-state index contributed by atoms with van der Waals surface area (Å²) in [5, 5.41) is 3.98. The number of thiocarbonyl (C=S) groups is 1. The van der Waals surface area contributed by atoms with E-state index in [-0.39, 0.29) is 11.9 Å². The first-order valence-electron chi connectivity index (χ1n) is 6.28. The maximum absolute atomic E-state index is 12.0. The van der Waals surface area contributed by atoms with Gasteiger partial charge in [0.1, 0.15) is 4.88 Å². The molecule has 0 unspecified atom stereocenters. The van der Waals surface area contributed by atoms with Gasteiger partial charge >= 0.3 is 0 Å². The number of aryl methyl sites for hydroxylation is 1. The number of aromatic nitrogens is 1. The topological polar surface area (TPSA) is 71.2 Å². The van der Waals surface area contributed by atoms with Crippen LogP contribution in [0.5, 0.6) is 0 Å². The molecule has 3 N–H and O–H groups in total. The van der Waals surface area contributed by atoms with Crippen LogP contribution in [0.15, 0.2) is 6.20 Å². The lowest BCUT2D eigenvalue weighted by atomic mass is 10.1. The van der Waals surface area contributed by atoms with Crippen molar-refractivity contribution in [3.8, 4) is 0 Å². The summed E-state index contributed by atoms with van der Waals surface area (Å²) in [5.74, 6) is -0.0154. The molecule has 0 spiro atoms. The second-order valence-electron chi connectivity index (χ2n) is 4.73. The molecule has 0 radical (unpaired) electrons. The van der Waals surface area contributed by atoms with Crippen LogP contribution in [0.25, 0.3) is 0 Å². The lowest BCUT2D eigenvalue weighted by molar-refractivity contribution is 0.0919. The molecular formula is C12H18N4OS2. The molecule has 7 heteroatoms. The number of nitrogens with zero attached hydrogens (tertiary/aromatic N) is 2. The Kier molecular flexibility index (Phi) is 4.84. The average Bonchev–Trinajstić information content (AvgIpc) is 2.78. The van der Waals surface area contributed by atoms with Gasteiger partial charge in [-0.3, -0.25) is 9.69 Å². The molecule has 2 heterocycles. The zero-order valence-electron chi connectivity index (χ0n) is 10.9. The van der Waals surface area contributed by atoms with E-state index in [0.717, 1.165) is 30.9 Å². The Morgan fingerprint density at radius 3 is 2.84 bits per heavy atom. The van der Waals surface area contributed by atoms with Crippen LogP contribution in [0.3, 0.4) is 0 Å². The van der Waals surface area contributed by atoms with E-state index in [1.165, 1.54) is 11.3 Å². The fourth-order valence-corrected chi connectivity index (χ4v) is 3.04. The molecule has 1 aromatic heterocycles. The number of likely N-dealkylation sites (tertiary alicyclic amines) is 1. The van der Waals surface area contributed by atoms with Crippen LogP contribution in [-0.2, 0) is 0 Å². The number of nitrogens with two attached hydrogens (primary N) is 1. The number of hydrogen-bond donors (Lipinski definition) is 2. The van der Waals surface area contributed by atoms with Crippen molar-refractivity contribution in [3.63, 3.8) is 0 Å². The van der Waals surface area contributed by atoms with Crippen LogP contribution >= 0.6 is 23.6 Å². The third-order valence-corrected chi connectivity index (χ3v) is 4.19. The molecule has 5 nitrogen and oxygen atoms in total. The van der Waals surface area contributed by atoms with Gasteiger partial charge in [-0.05, 0) is 19.8 Å². The maximum atomic E-state index is 12.0. The van der Waals surface area contributed by atoms with Crippen molar-refractivity contribution in [1.82, 2.24) is 15.2 Å². The van der Waals surface area contributed by atoms with Crippen molar-refractivity contribution in [2.45, 2.75) is 25.8 Å². The maximum Gasteiger partial charge on any atom is 0.263 e. The lowest BCUT2D eigenvalue weighted by Gasteiger charge is -2.31. The van der Waals surface area contributed by atoms with Gasteiger partial charge in [0.15, 0.2) is 0 Å². The third kappa shape index (κ3) is 4.22. The second-order valence-corrected chi connectivity index (χ2v) is 6.49. The van der Waals surface area contributed by atoms with Crippen LogP contribution in [0, 0.1) is 6.92 Å². The molecule has 1 saturated heterocycles. The number of piperidine rings is 1. The van der Waals surface area contributed by atoms with Crippen molar-refractivity contribution in [2.75, 3.05) is 19.6 Å². The number of nitrogens with one attached hydrogen (secondary N) is 1. The van der Waals surface area contributed by atoms with E-state index in [1.54, 1.807) is 6.20 Å². The fraction of sp³-hybridized carbons (Fsp3) is 0.583. The minimum Gasteiger partial charge on any atom is -0.392 e. The van der Waals surface area contributed by atoms with Gasteiger partial charge in [-0.25, -0.2) is 4.98 Å². The molecular weight excluding hydrogens is 280 g/mol. The first-order valence-corrected chi connectivity index (χ1v) is 7.51. The van der Waals surface area contributed by atoms with Crippen LogP contribution in [0.2, 0.25) is 0 Å². The molecule has 0 atom stereocenters. The van der Waals surface area contributed by atoms with Crippen molar-refractivity contribution in [3.05, 3.63) is 16.1 Å². The Hall–Kier alpha value is -1.05. The highest BCUT2D eigenvalue weighted by Crippen LogP contribution is 2.14. The molecule has 1 fully saturated rings. The van der Waals surface area contributed by atoms with E-state index >= 15 is 0 Å². The van der Waals surface area contributed by atoms with Gasteiger partial charge in [0.05, 0.1) is 16.2 Å². The molecule has 1 amide bonds. The number of carbonyl (C=O) groups excluding carboxylic acids is 1. The number of rotatable bonds is 4. The summed E-state index contributed by atoms with van der Waals surface area (Å²) in [6.45, 7) is 4.41. The Morgan fingerprint density at radius 1 is 1.63 bits per heavy atom. The summed E-state index contributed by atoms with van der Waals surface area (Å²) in [6.07, 6.45) is 3.51. The molecule has 0 aromatic carbocycles. The molecule has 0 saturated carbocycles. The lowest BCUT2D eigenvalue weighted by Crippen LogP contribution is -2.46. The molecule has 1 aliphatic rings. The minimum absolute atomic E-state index is 0.0154. The van der Waals surface area contributed by atoms with Crippen LogP contribution in [0.4, 0.5) is 0 Å². The van der Waals surface area contributed by atoms with Crippen molar-refractivity contribution in [2.24, 2.45) is 5.73 Å². The smallest absolute Gasteiger partial charge is 0.263 e. The standard InChI is InChI=1S/C12H18N4OS2/c1-8-14-6-10(19-8)12(17)15-9-2-4-16(5-3-9)7-11(13)18/h6,9H,2-5,7H2,1H3,(H2,13,18)(H,15,17). The number of hydrogen-bond acceptors (Lipinski definition) is 5. The van der Waals surface area contributed by atoms with E-state index in [1.807, 2.05) is 6.92 Å². The van der Waals surface area contributed by atoms with Gasteiger partial charge in [-0.15, -0.1) is 11.3 Å². The summed E-state index contributed by atoms with van der Waals surface area (Å²) in [7, 11) is 0. The van der Waals surface area contributed by atoms with E-state index in [4.69, 9.17) is 18.0 Å². The molecule has 2 rings (SSSR count). The Morgan fingerprint density at radius 2 is 2.32 bits per heavy atom. The van der Waals surface area contributed by atoms with Crippen LogP contribution in [-0.4, -0.2) is 46.5 Å². The summed E-state index contributed by atoms with van der Waals surface area (Å²) >= 11 is 6.33. The summed E-state index contributed by atoms with van der Waals surface area (Å²) in [6, 6.07) is 0.234. The average molecular weight is 298 g/mol. The monoisotopic (exact) mass is 298 g/mol. The predicted molar refractivity (Wildman–Crippen MR) is 80.6 cm³/mol. The SMILES string of the molecule is Cc1ncc(C(=O)NC2CCN(CC(N)=S)CC2)s1. The molecule has 0 bridgehead atoms. The zero-order valence-corrected chi connectivity index (χ0v) is 12.5. The largest absolute Gasteiger partial charge is 0.392 e. The van der Waals surface area contributed by atoms with Crippen LogP contribution < -0.4 is 11.1 Å². The number of amides is 1. The Bertz CT molecular complexity index is 466. The normalized spacial score (nSPS) is 17.3. The van der Waals surface area contributed by atoms with E-state index in [2.05, 4.69) is 15.2 Å². The molecule has 1 aromatic rings.